The summed E-state index contributed by atoms with van der Waals surface area (Å²) in [7, 11) is 0. The summed E-state index contributed by atoms with van der Waals surface area (Å²) in [5.41, 5.74) is 0.901. The maximum atomic E-state index is 5.50. The molecule has 0 aromatic carbocycles. The molecule has 0 amide bonds. The zero-order chi connectivity index (χ0) is 12.7. The predicted octanol–water partition coefficient (Wildman–Crippen LogP) is 2.57. The standard InChI is InChI=1S/C11H18N2O2S2/c1-4-14-10(15-5-2)9(16)8-6-12-11(17-3)13-7-8/h6-7,9-10,16H,4-5H2,1-3H3. The monoisotopic (exact) mass is 274 g/mol. The number of thiol groups is 1. The van der Waals surface area contributed by atoms with Gasteiger partial charge >= 0.3 is 0 Å². The van der Waals surface area contributed by atoms with Crippen LogP contribution >= 0.6 is 24.4 Å². The number of hydrogen-bond donors (Lipinski definition) is 1. The van der Waals surface area contributed by atoms with Crippen LogP contribution in [0.4, 0.5) is 0 Å². The average molecular weight is 274 g/mol. The minimum Gasteiger partial charge on any atom is -0.351 e. The van der Waals surface area contributed by atoms with Gasteiger partial charge in [-0.3, -0.25) is 0 Å². The molecule has 0 bridgehead atoms. The molecule has 1 heterocycles. The molecule has 4 nitrogen and oxygen atoms in total. The Morgan fingerprint density at radius 1 is 1.24 bits per heavy atom. The van der Waals surface area contributed by atoms with E-state index in [9.17, 15) is 0 Å². The number of rotatable bonds is 7. The van der Waals surface area contributed by atoms with E-state index in [2.05, 4.69) is 22.6 Å². The average Bonchev–Trinajstić information content (AvgIpc) is 2.38. The minimum absolute atomic E-state index is 0.175. The summed E-state index contributed by atoms with van der Waals surface area (Å²) in [5.74, 6) is 0. The van der Waals surface area contributed by atoms with E-state index in [1.165, 1.54) is 11.8 Å². The highest BCUT2D eigenvalue weighted by atomic mass is 32.2. The van der Waals surface area contributed by atoms with Crippen molar-refractivity contribution in [2.24, 2.45) is 0 Å². The molecule has 1 atom stereocenters. The van der Waals surface area contributed by atoms with Gasteiger partial charge in [0.25, 0.3) is 0 Å². The molecule has 0 aliphatic rings. The summed E-state index contributed by atoms with van der Waals surface area (Å²) in [6.45, 7) is 5.04. The van der Waals surface area contributed by atoms with Gasteiger partial charge in [0.15, 0.2) is 11.4 Å². The maximum Gasteiger partial charge on any atom is 0.187 e. The van der Waals surface area contributed by atoms with Crippen molar-refractivity contribution in [3.63, 3.8) is 0 Å². The van der Waals surface area contributed by atoms with Gasteiger partial charge in [0.2, 0.25) is 0 Å². The van der Waals surface area contributed by atoms with Crippen LogP contribution in [-0.4, -0.2) is 35.7 Å². The summed E-state index contributed by atoms with van der Waals surface area (Å²) in [6.07, 6.45) is 5.11. The Labute approximate surface area is 112 Å². The van der Waals surface area contributed by atoms with Gasteiger partial charge in [-0.2, -0.15) is 12.6 Å². The molecule has 6 heteroatoms. The fourth-order valence-electron chi connectivity index (χ4n) is 1.30. The van der Waals surface area contributed by atoms with E-state index in [1.54, 1.807) is 12.4 Å². The third-order valence-electron chi connectivity index (χ3n) is 2.09. The van der Waals surface area contributed by atoms with Crippen LogP contribution in [0, 0.1) is 0 Å². The first-order valence-electron chi connectivity index (χ1n) is 5.50. The van der Waals surface area contributed by atoms with Crippen LogP contribution in [0.3, 0.4) is 0 Å². The third kappa shape index (κ3) is 4.46. The number of hydrogen-bond acceptors (Lipinski definition) is 6. The Balaban J connectivity index is 2.73. The number of ether oxygens (including phenoxy) is 2. The van der Waals surface area contributed by atoms with Gasteiger partial charge < -0.3 is 9.47 Å². The van der Waals surface area contributed by atoms with Gasteiger partial charge in [-0.05, 0) is 20.1 Å². The van der Waals surface area contributed by atoms with E-state index in [4.69, 9.17) is 9.47 Å². The molecule has 1 aromatic rings. The fourth-order valence-corrected chi connectivity index (χ4v) is 1.92. The van der Waals surface area contributed by atoms with Gasteiger partial charge in [0, 0.05) is 31.2 Å². The normalized spacial score (nSPS) is 13.0. The highest BCUT2D eigenvalue weighted by molar-refractivity contribution is 7.98. The van der Waals surface area contributed by atoms with Crippen molar-refractivity contribution in [1.29, 1.82) is 0 Å². The van der Waals surface area contributed by atoms with Gasteiger partial charge in [0.05, 0.1) is 5.25 Å². The van der Waals surface area contributed by atoms with Crippen LogP contribution in [0.15, 0.2) is 17.6 Å². The summed E-state index contributed by atoms with van der Waals surface area (Å²) < 4.78 is 11.0. The van der Waals surface area contributed by atoms with Crippen LogP contribution in [0.5, 0.6) is 0 Å². The van der Waals surface area contributed by atoms with E-state index in [0.717, 1.165) is 10.7 Å². The summed E-state index contributed by atoms with van der Waals surface area (Å²) in [4.78, 5) is 8.43. The van der Waals surface area contributed by atoms with Gasteiger partial charge in [-0.15, -0.1) is 0 Å². The Kier molecular flexibility index (Phi) is 6.87. The van der Waals surface area contributed by atoms with Gasteiger partial charge in [-0.1, -0.05) is 11.8 Å². The van der Waals surface area contributed by atoms with E-state index < -0.39 is 0 Å². The van der Waals surface area contributed by atoms with Crippen molar-refractivity contribution >= 4 is 24.4 Å². The number of nitrogens with zero attached hydrogens (tertiary/aromatic N) is 2. The molecule has 0 aliphatic carbocycles. The molecule has 96 valence electrons. The fraction of sp³-hybridized carbons (Fsp3) is 0.636. The Morgan fingerprint density at radius 3 is 2.18 bits per heavy atom. The van der Waals surface area contributed by atoms with Crippen LogP contribution < -0.4 is 0 Å². The van der Waals surface area contributed by atoms with Crippen molar-refractivity contribution in [1.82, 2.24) is 9.97 Å². The van der Waals surface area contributed by atoms with Crippen LogP contribution in [-0.2, 0) is 9.47 Å². The Hall–Kier alpha value is -0.300. The number of thioether (sulfide) groups is 1. The smallest absolute Gasteiger partial charge is 0.187 e. The predicted molar refractivity (Wildman–Crippen MR) is 72.6 cm³/mol. The molecule has 0 aliphatic heterocycles. The Bertz CT molecular complexity index is 316. The summed E-state index contributed by atoms with van der Waals surface area (Å²) in [5, 5.41) is 0.574. The van der Waals surface area contributed by atoms with E-state index in [-0.39, 0.29) is 11.5 Å². The second-order valence-electron chi connectivity index (χ2n) is 3.23. The van der Waals surface area contributed by atoms with Crippen LogP contribution in [0.1, 0.15) is 24.7 Å². The van der Waals surface area contributed by atoms with E-state index in [1.807, 2.05) is 20.1 Å². The third-order valence-corrected chi connectivity index (χ3v) is 3.21. The molecule has 1 rings (SSSR count). The largest absolute Gasteiger partial charge is 0.351 e. The molecule has 1 unspecified atom stereocenters. The van der Waals surface area contributed by atoms with E-state index in [0.29, 0.717) is 13.2 Å². The molecule has 0 radical (unpaired) electrons. The highest BCUT2D eigenvalue weighted by Gasteiger charge is 2.21. The van der Waals surface area contributed by atoms with Crippen molar-refractivity contribution in [2.75, 3.05) is 19.5 Å². The SMILES string of the molecule is CCOC(OCC)C(S)c1cnc(SC)nc1. The lowest BCUT2D eigenvalue weighted by Gasteiger charge is -2.22. The van der Waals surface area contributed by atoms with Crippen LogP contribution in [0.25, 0.3) is 0 Å². The van der Waals surface area contributed by atoms with Gasteiger partial charge in [0.1, 0.15) is 0 Å². The zero-order valence-corrected chi connectivity index (χ0v) is 12.0. The lowest BCUT2D eigenvalue weighted by molar-refractivity contribution is -0.136. The molecule has 0 fully saturated rings. The first-order valence-corrected chi connectivity index (χ1v) is 7.24. The van der Waals surface area contributed by atoms with Crippen molar-refractivity contribution < 1.29 is 9.47 Å². The minimum atomic E-state index is -0.364. The highest BCUT2D eigenvalue weighted by Crippen LogP contribution is 2.26. The number of aromatic nitrogens is 2. The molecule has 0 saturated carbocycles. The second-order valence-corrected chi connectivity index (χ2v) is 4.56. The first kappa shape index (κ1) is 14.8. The molecular weight excluding hydrogens is 256 g/mol. The van der Waals surface area contributed by atoms with Gasteiger partial charge in [-0.25, -0.2) is 9.97 Å². The van der Waals surface area contributed by atoms with Crippen LogP contribution in [0.2, 0.25) is 0 Å². The quantitative estimate of drug-likeness (QED) is 0.358. The lowest BCUT2D eigenvalue weighted by atomic mass is 10.2. The van der Waals surface area contributed by atoms with Crippen molar-refractivity contribution in [3.05, 3.63) is 18.0 Å². The topological polar surface area (TPSA) is 44.2 Å². The van der Waals surface area contributed by atoms with Crippen molar-refractivity contribution in [2.45, 2.75) is 30.5 Å². The zero-order valence-electron chi connectivity index (χ0n) is 10.3. The lowest BCUT2D eigenvalue weighted by Crippen LogP contribution is -2.23. The first-order chi connectivity index (χ1) is 8.22. The summed E-state index contributed by atoms with van der Waals surface area (Å²) in [6, 6.07) is 0. The summed E-state index contributed by atoms with van der Waals surface area (Å²) >= 11 is 6.02. The maximum absolute atomic E-state index is 5.50. The molecule has 1 aromatic heterocycles. The van der Waals surface area contributed by atoms with E-state index >= 15 is 0 Å². The van der Waals surface area contributed by atoms with Crippen molar-refractivity contribution in [3.8, 4) is 0 Å². The Morgan fingerprint density at radius 2 is 1.76 bits per heavy atom. The second kappa shape index (κ2) is 7.92. The molecule has 0 spiro atoms. The molecular formula is C11H18N2O2S2. The molecule has 17 heavy (non-hydrogen) atoms. The molecule has 0 saturated heterocycles. The molecule has 0 N–H and O–H groups in total.